The van der Waals surface area contributed by atoms with E-state index in [2.05, 4.69) is 42.7 Å². The SMILES string of the molecule is CCCCCC/C=C\CCCCCCCC(=O)OC[C@H](COP(=O)(O)O)OC(=O)CCCCCCC/C=C\CC1OC1CCCCC. The zero-order chi connectivity index (χ0) is 34.4. The summed E-state index contributed by atoms with van der Waals surface area (Å²) in [6, 6.07) is 0. The minimum absolute atomic E-state index is 0.190. The smallest absolute Gasteiger partial charge is 0.462 e. The summed E-state index contributed by atoms with van der Waals surface area (Å²) < 4.78 is 32.0. The Labute approximate surface area is 285 Å². The second-order valence-corrected chi connectivity index (χ2v) is 14.2. The fourth-order valence-corrected chi connectivity index (χ4v) is 5.79. The van der Waals surface area contributed by atoms with E-state index in [0.29, 0.717) is 25.0 Å². The lowest BCUT2D eigenvalue weighted by Crippen LogP contribution is -2.29. The van der Waals surface area contributed by atoms with Crippen molar-refractivity contribution in [3.05, 3.63) is 24.3 Å². The van der Waals surface area contributed by atoms with Gasteiger partial charge in [0.25, 0.3) is 0 Å². The van der Waals surface area contributed by atoms with Gasteiger partial charge in [0.2, 0.25) is 0 Å². The number of epoxide rings is 1. The number of hydrogen-bond acceptors (Lipinski definition) is 7. The maximum Gasteiger partial charge on any atom is 0.469 e. The molecule has 2 unspecified atom stereocenters. The number of unbranched alkanes of at least 4 members (excludes halogenated alkanes) is 16. The van der Waals surface area contributed by atoms with E-state index >= 15 is 0 Å². The van der Waals surface area contributed by atoms with Crippen molar-refractivity contribution in [3.63, 3.8) is 0 Å². The van der Waals surface area contributed by atoms with Gasteiger partial charge in [0.1, 0.15) is 6.61 Å². The van der Waals surface area contributed by atoms with Gasteiger partial charge in [0, 0.05) is 12.8 Å². The van der Waals surface area contributed by atoms with Crippen molar-refractivity contribution in [1.82, 2.24) is 0 Å². The molecule has 1 saturated heterocycles. The van der Waals surface area contributed by atoms with Crippen LogP contribution in [0.3, 0.4) is 0 Å². The van der Waals surface area contributed by atoms with Gasteiger partial charge >= 0.3 is 19.8 Å². The first-order valence-electron chi connectivity index (χ1n) is 18.8. The number of carbonyl (C=O) groups is 2. The summed E-state index contributed by atoms with van der Waals surface area (Å²) in [5.74, 6) is -0.916. The molecule has 0 saturated carbocycles. The topological polar surface area (TPSA) is 132 Å². The van der Waals surface area contributed by atoms with Gasteiger partial charge in [0.15, 0.2) is 6.10 Å². The molecule has 0 aromatic heterocycles. The van der Waals surface area contributed by atoms with Gasteiger partial charge < -0.3 is 24.0 Å². The normalized spacial score (nSPS) is 17.0. The van der Waals surface area contributed by atoms with Crippen LogP contribution in [0.4, 0.5) is 0 Å². The Kier molecular flexibility index (Phi) is 27.2. The van der Waals surface area contributed by atoms with Crippen LogP contribution in [0.25, 0.3) is 0 Å². The molecule has 0 aliphatic carbocycles. The van der Waals surface area contributed by atoms with Crippen LogP contribution < -0.4 is 0 Å². The van der Waals surface area contributed by atoms with Crippen molar-refractivity contribution >= 4 is 19.8 Å². The van der Waals surface area contributed by atoms with Crippen LogP contribution in [-0.2, 0) is 32.9 Å². The molecule has 3 atom stereocenters. The third-order valence-electron chi connectivity index (χ3n) is 8.37. The van der Waals surface area contributed by atoms with Crippen molar-refractivity contribution in [2.24, 2.45) is 0 Å². The number of rotatable bonds is 33. The average molecular weight is 687 g/mol. The van der Waals surface area contributed by atoms with E-state index in [-0.39, 0.29) is 19.4 Å². The number of esters is 2. The molecule has 1 heterocycles. The molecule has 0 aromatic carbocycles. The summed E-state index contributed by atoms with van der Waals surface area (Å²) in [6.45, 7) is 3.60. The van der Waals surface area contributed by atoms with Crippen LogP contribution in [-0.4, -0.2) is 53.3 Å². The van der Waals surface area contributed by atoms with Crippen LogP contribution in [0.15, 0.2) is 24.3 Å². The molecule has 274 valence electrons. The summed E-state index contributed by atoms with van der Waals surface area (Å²) in [6.07, 6.45) is 33.5. The predicted molar refractivity (Wildman–Crippen MR) is 188 cm³/mol. The van der Waals surface area contributed by atoms with Crippen molar-refractivity contribution in [2.75, 3.05) is 13.2 Å². The lowest BCUT2D eigenvalue weighted by molar-refractivity contribution is -0.161. The molecule has 0 aromatic rings. The zero-order valence-electron chi connectivity index (χ0n) is 29.6. The lowest BCUT2D eigenvalue weighted by Gasteiger charge is -2.18. The largest absolute Gasteiger partial charge is 0.469 e. The van der Waals surface area contributed by atoms with Gasteiger partial charge in [-0.3, -0.25) is 14.1 Å². The lowest BCUT2D eigenvalue weighted by atomic mass is 10.1. The van der Waals surface area contributed by atoms with Crippen LogP contribution in [0.1, 0.15) is 168 Å². The summed E-state index contributed by atoms with van der Waals surface area (Å²) >= 11 is 0. The first kappa shape index (κ1) is 43.5. The van der Waals surface area contributed by atoms with Gasteiger partial charge in [-0.2, -0.15) is 0 Å². The second-order valence-electron chi connectivity index (χ2n) is 12.9. The number of hydrogen-bond donors (Lipinski definition) is 2. The number of carbonyl (C=O) groups excluding carboxylic acids is 2. The average Bonchev–Trinajstić information content (AvgIpc) is 3.79. The van der Waals surface area contributed by atoms with Crippen molar-refractivity contribution in [2.45, 2.75) is 186 Å². The van der Waals surface area contributed by atoms with Crippen LogP contribution in [0.5, 0.6) is 0 Å². The number of phosphoric ester groups is 1. The van der Waals surface area contributed by atoms with E-state index in [1.165, 1.54) is 57.8 Å². The molecule has 1 aliphatic heterocycles. The number of allylic oxidation sites excluding steroid dienone is 3. The third-order valence-corrected chi connectivity index (χ3v) is 8.85. The van der Waals surface area contributed by atoms with E-state index in [9.17, 15) is 14.2 Å². The maximum atomic E-state index is 12.4. The van der Waals surface area contributed by atoms with Crippen LogP contribution in [0.2, 0.25) is 0 Å². The molecule has 0 radical (unpaired) electrons. The fourth-order valence-electron chi connectivity index (χ4n) is 5.43. The van der Waals surface area contributed by atoms with E-state index < -0.39 is 32.5 Å². The molecule has 1 rings (SSSR count). The summed E-state index contributed by atoms with van der Waals surface area (Å²) in [7, 11) is -4.76. The van der Waals surface area contributed by atoms with Crippen LogP contribution >= 0.6 is 7.82 Å². The van der Waals surface area contributed by atoms with Gasteiger partial charge in [-0.05, 0) is 64.2 Å². The molecule has 10 heteroatoms. The molecule has 0 amide bonds. The monoisotopic (exact) mass is 686 g/mol. The molecule has 0 bridgehead atoms. The summed E-state index contributed by atoms with van der Waals surface area (Å²) in [5, 5.41) is 0. The van der Waals surface area contributed by atoms with Crippen molar-refractivity contribution < 1.29 is 42.7 Å². The molecule has 47 heavy (non-hydrogen) atoms. The third kappa shape index (κ3) is 29.2. The second kappa shape index (κ2) is 29.4. The highest BCUT2D eigenvalue weighted by molar-refractivity contribution is 7.46. The van der Waals surface area contributed by atoms with E-state index in [0.717, 1.165) is 70.6 Å². The van der Waals surface area contributed by atoms with Gasteiger partial charge in [-0.15, -0.1) is 0 Å². The minimum Gasteiger partial charge on any atom is -0.462 e. The molecule has 1 aliphatic rings. The summed E-state index contributed by atoms with van der Waals surface area (Å²) in [5.41, 5.74) is 0. The highest BCUT2D eigenvalue weighted by Crippen LogP contribution is 2.36. The minimum atomic E-state index is -4.76. The molecular weight excluding hydrogens is 619 g/mol. The Morgan fingerprint density at radius 1 is 0.660 bits per heavy atom. The van der Waals surface area contributed by atoms with Gasteiger partial charge in [0.05, 0.1) is 18.8 Å². The Hall–Kier alpha value is -1.51. The molecule has 1 fully saturated rings. The van der Waals surface area contributed by atoms with Crippen LogP contribution in [0, 0.1) is 0 Å². The molecule has 2 N–H and O–H groups in total. The first-order chi connectivity index (χ1) is 22.7. The van der Waals surface area contributed by atoms with Gasteiger partial charge in [-0.1, -0.05) is 115 Å². The highest BCUT2D eigenvalue weighted by atomic mass is 31.2. The molecule has 9 nitrogen and oxygen atoms in total. The molecular formula is C37H67O9P. The van der Waals surface area contributed by atoms with Gasteiger partial charge in [-0.25, -0.2) is 4.57 Å². The van der Waals surface area contributed by atoms with E-state index in [1.54, 1.807) is 0 Å². The Morgan fingerprint density at radius 3 is 1.77 bits per heavy atom. The maximum absolute atomic E-state index is 12.4. The first-order valence-corrected chi connectivity index (χ1v) is 20.3. The Morgan fingerprint density at radius 2 is 1.17 bits per heavy atom. The van der Waals surface area contributed by atoms with Crippen molar-refractivity contribution in [1.29, 1.82) is 0 Å². The quantitative estimate of drug-likeness (QED) is 0.0228. The standard InChI is InChI=1S/C37H67O9P/c1-3-5-7-8-9-10-11-12-13-14-18-21-25-29-36(38)43-31-33(32-44-47(40,41)42)45-37(39)30-26-22-19-16-15-17-20-24-28-35-34(46-35)27-23-6-4-2/h10-11,20,24,33-35H,3-9,12-19,21-23,25-32H2,1-2H3,(H2,40,41,42)/b11-10-,24-20-/t33-,34?,35?/m1/s1. The van der Waals surface area contributed by atoms with E-state index in [4.69, 9.17) is 24.0 Å². The Bertz CT molecular complexity index is 885. The Balaban J connectivity index is 2.10. The highest BCUT2D eigenvalue weighted by Gasteiger charge is 2.36. The summed E-state index contributed by atoms with van der Waals surface area (Å²) in [4.78, 5) is 42.7. The fraction of sp³-hybridized carbons (Fsp3) is 0.838. The predicted octanol–water partition coefficient (Wildman–Crippen LogP) is 9.83. The van der Waals surface area contributed by atoms with Crippen molar-refractivity contribution in [3.8, 4) is 0 Å². The number of ether oxygens (including phenoxy) is 3. The van der Waals surface area contributed by atoms with E-state index in [1.807, 2.05) is 0 Å². The molecule has 0 spiro atoms. The zero-order valence-corrected chi connectivity index (χ0v) is 30.5. The number of phosphoric acid groups is 1.